The van der Waals surface area contributed by atoms with E-state index >= 15 is 0 Å². The van der Waals surface area contributed by atoms with Crippen molar-refractivity contribution in [3.8, 4) is 11.3 Å². The van der Waals surface area contributed by atoms with Crippen molar-refractivity contribution in [2.45, 2.75) is 0 Å². The van der Waals surface area contributed by atoms with Crippen LogP contribution in [0.15, 0.2) is 91.3 Å². The molecule has 0 saturated carbocycles. The highest BCUT2D eigenvalue weighted by molar-refractivity contribution is 5.99. The number of aromatic nitrogens is 2. The minimum absolute atomic E-state index is 1.17. The number of imidazole rings is 1. The Morgan fingerprint density at radius 1 is 0.739 bits per heavy atom. The maximum atomic E-state index is 2.34. The highest BCUT2D eigenvalue weighted by Crippen LogP contribution is 2.29. The van der Waals surface area contributed by atoms with Gasteiger partial charge in [0.15, 0.2) is 5.52 Å². The van der Waals surface area contributed by atoms with Gasteiger partial charge in [0.1, 0.15) is 11.9 Å². The molecule has 0 aliphatic carbocycles. The third-order valence-corrected chi connectivity index (χ3v) is 4.44. The molecule has 0 N–H and O–H groups in total. The van der Waals surface area contributed by atoms with Crippen LogP contribution >= 0.6 is 0 Å². The number of rotatable bonds is 1. The molecule has 2 aromatic carbocycles. The monoisotopic (exact) mass is 295 g/mol. The van der Waals surface area contributed by atoms with Crippen LogP contribution in [-0.2, 0) is 0 Å². The zero-order valence-corrected chi connectivity index (χ0v) is 12.6. The van der Waals surface area contributed by atoms with Gasteiger partial charge in [0, 0.05) is 17.0 Å². The summed E-state index contributed by atoms with van der Waals surface area (Å²) in [6.45, 7) is 0. The van der Waals surface area contributed by atoms with Crippen LogP contribution in [-0.4, -0.2) is 4.40 Å². The Labute approximate surface area is 133 Å². The van der Waals surface area contributed by atoms with Crippen LogP contribution < -0.4 is 4.40 Å². The highest BCUT2D eigenvalue weighted by Gasteiger charge is 2.18. The maximum Gasteiger partial charge on any atom is 0.291 e. The van der Waals surface area contributed by atoms with E-state index in [0.717, 1.165) is 0 Å². The summed E-state index contributed by atoms with van der Waals surface area (Å²) in [5.74, 6) is 0. The van der Waals surface area contributed by atoms with E-state index in [-0.39, 0.29) is 0 Å². The number of fused-ring (bicyclic) bond motifs is 5. The molecule has 0 amide bonds. The largest absolute Gasteiger partial charge is 0.291 e. The van der Waals surface area contributed by atoms with Crippen LogP contribution in [0.1, 0.15) is 0 Å². The lowest BCUT2D eigenvalue weighted by Gasteiger charge is -2.05. The number of pyridine rings is 2. The molecule has 0 aliphatic heterocycles. The zero-order valence-electron chi connectivity index (χ0n) is 12.6. The van der Waals surface area contributed by atoms with E-state index in [1.165, 1.54) is 33.2 Å². The Morgan fingerprint density at radius 2 is 1.52 bits per heavy atom. The van der Waals surface area contributed by atoms with Crippen molar-refractivity contribution in [1.82, 2.24) is 4.40 Å². The van der Waals surface area contributed by atoms with Gasteiger partial charge >= 0.3 is 0 Å². The first kappa shape index (κ1) is 12.4. The predicted octanol–water partition coefficient (Wildman–Crippen LogP) is 4.50. The first-order valence-corrected chi connectivity index (χ1v) is 7.80. The molecule has 5 rings (SSSR count). The van der Waals surface area contributed by atoms with Gasteiger partial charge in [0.2, 0.25) is 0 Å². The number of nitrogens with zero attached hydrogens (tertiary/aromatic N) is 2. The van der Waals surface area contributed by atoms with Gasteiger partial charge < -0.3 is 0 Å². The molecular formula is C21H15N2+. The molecule has 0 radical (unpaired) electrons. The fourth-order valence-corrected chi connectivity index (χ4v) is 3.39. The fourth-order valence-electron chi connectivity index (χ4n) is 3.39. The molecule has 0 bridgehead atoms. The molecule has 108 valence electrons. The average Bonchev–Trinajstić information content (AvgIpc) is 3.02. The van der Waals surface area contributed by atoms with Gasteiger partial charge in [-0.1, -0.05) is 54.6 Å². The lowest BCUT2D eigenvalue weighted by atomic mass is 10.1. The van der Waals surface area contributed by atoms with Crippen LogP contribution in [0.4, 0.5) is 0 Å². The Morgan fingerprint density at radius 3 is 2.43 bits per heavy atom. The van der Waals surface area contributed by atoms with Gasteiger partial charge in [-0.25, -0.2) is 4.40 Å². The number of hydrogen-bond acceptors (Lipinski definition) is 0. The van der Waals surface area contributed by atoms with E-state index in [1.807, 2.05) is 0 Å². The SMILES string of the molecule is c1ccc(-c2cc3ccccc3c3c[n+]4ccccc4n23)cc1. The molecule has 3 aromatic heterocycles. The summed E-state index contributed by atoms with van der Waals surface area (Å²) in [7, 11) is 0. The van der Waals surface area contributed by atoms with Crippen LogP contribution in [0.2, 0.25) is 0 Å². The van der Waals surface area contributed by atoms with Crippen LogP contribution in [0.5, 0.6) is 0 Å². The van der Waals surface area contributed by atoms with Gasteiger partial charge in [-0.15, -0.1) is 0 Å². The maximum absolute atomic E-state index is 2.34. The van der Waals surface area contributed by atoms with Crippen LogP contribution in [0, 0.1) is 0 Å². The van der Waals surface area contributed by atoms with Gasteiger partial charge in [-0.2, -0.15) is 4.40 Å². The van der Waals surface area contributed by atoms with E-state index in [1.54, 1.807) is 0 Å². The minimum atomic E-state index is 1.17. The Hall–Kier alpha value is -3.13. The van der Waals surface area contributed by atoms with E-state index in [9.17, 15) is 0 Å². The van der Waals surface area contributed by atoms with Gasteiger partial charge in [0.25, 0.3) is 5.65 Å². The van der Waals surface area contributed by atoms with E-state index < -0.39 is 0 Å². The van der Waals surface area contributed by atoms with E-state index in [0.29, 0.717) is 0 Å². The molecule has 0 aliphatic rings. The molecule has 0 atom stereocenters. The molecule has 5 aromatic rings. The molecule has 23 heavy (non-hydrogen) atoms. The second-order valence-corrected chi connectivity index (χ2v) is 5.80. The zero-order chi connectivity index (χ0) is 15.2. The number of hydrogen-bond donors (Lipinski definition) is 0. The average molecular weight is 295 g/mol. The minimum Gasteiger partial charge on any atom is -0.202 e. The second-order valence-electron chi connectivity index (χ2n) is 5.80. The molecule has 0 spiro atoms. The second kappa shape index (κ2) is 4.68. The Bertz CT molecular complexity index is 1150. The summed E-state index contributed by atoms with van der Waals surface area (Å²) in [4.78, 5) is 0. The molecule has 0 saturated heterocycles. The number of benzene rings is 2. The third-order valence-electron chi connectivity index (χ3n) is 4.44. The Balaban J connectivity index is 2.06. The van der Waals surface area contributed by atoms with Crippen molar-refractivity contribution < 1.29 is 4.40 Å². The van der Waals surface area contributed by atoms with Gasteiger partial charge in [0.05, 0.1) is 6.20 Å². The van der Waals surface area contributed by atoms with Gasteiger partial charge in [-0.3, -0.25) is 0 Å². The third kappa shape index (κ3) is 1.78. The summed E-state index contributed by atoms with van der Waals surface area (Å²) in [6, 6.07) is 27.8. The topological polar surface area (TPSA) is 8.51 Å². The molecule has 2 nitrogen and oxygen atoms in total. The Kier molecular flexibility index (Phi) is 2.53. The summed E-state index contributed by atoms with van der Waals surface area (Å²) in [5.41, 5.74) is 4.85. The molecule has 2 heteroatoms. The first-order chi connectivity index (χ1) is 11.4. The predicted molar refractivity (Wildman–Crippen MR) is 93.5 cm³/mol. The van der Waals surface area contributed by atoms with Gasteiger partial charge in [-0.05, 0) is 23.6 Å². The quantitative estimate of drug-likeness (QED) is 0.403. The molecule has 3 heterocycles. The van der Waals surface area contributed by atoms with Crippen LogP contribution in [0.25, 0.3) is 33.2 Å². The van der Waals surface area contributed by atoms with Crippen molar-refractivity contribution >= 4 is 21.9 Å². The molecule has 0 unspecified atom stereocenters. The lowest BCUT2D eigenvalue weighted by Crippen LogP contribution is -2.16. The standard InChI is InChI=1S/C21H15N2/c1-2-8-16(9-3-1)19-14-17-10-4-5-11-18(17)20-15-22-13-7-6-12-21(22)23(19)20/h1-15H/q+1. The van der Waals surface area contributed by atoms with E-state index in [4.69, 9.17) is 0 Å². The molecule has 0 fully saturated rings. The fraction of sp³-hybridized carbons (Fsp3) is 0. The summed E-state index contributed by atoms with van der Waals surface area (Å²) in [5, 5.41) is 2.54. The van der Waals surface area contributed by atoms with Crippen molar-refractivity contribution in [1.29, 1.82) is 0 Å². The summed E-state index contributed by atoms with van der Waals surface area (Å²) in [6.07, 6.45) is 4.32. The molecular weight excluding hydrogens is 280 g/mol. The van der Waals surface area contributed by atoms with Crippen molar-refractivity contribution in [2.75, 3.05) is 0 Å². The first-order valence-electron chi connectivity index (χ1n) is 7.80. The lowest BCUT2D eigenvalue weighted by molar-refractivity contribution is -0.509. The van der Waals surface area contributed by atoms with Crippen molar-refractivity contribution in [3.63, 3.8) is 0 Å². The smallest absolute Gasteiger partial charge is 0.202 e. The van der Waals surface area contributed by atoms with Crippen LogP contribution in [0.3, 0.4) is 0 Å². The van der Waals surface area contributed by atoms with Crippen molar-refractivity contribution in [3.05, 3.63) is 91.3 Å². The van der Waals surface area contributed by atoms with Crippen molar-refractivity contribution in [2.24, 2.45) is 0 Å². The normalized spacial score (nSPS) is 11.5. The summed E-state index contributed by atoms with van der Waals surface area (Å²) < 4.78 is 4.53. The summed E-state index contributed by atoms with van der Waals surface area (Å²) >= 11 is 0. The van der Waals surface area contributed by atoms with E-state index in [2.05, 4.69) is 100 Å². The highest BCUT2D eigenvalue weighted by atomic mass is 15.1.